The van der Waals surface area contributed by atoms with Crippen LogP contribution in [0.25, 0.3) is 0 Å². The number of carbonyl (C=O) groups is 2. The highest BCUT2D eigenvalue weighted by Crippen LogP contribution is 2.42. The summed E-state index contributed by atoms with van der Waals surface area (Å²) in [5.74, 6) is -2.34. The van der Waals surface area contributed by atoms with E-state index in [1.165, 1.54) is 6.92 Å². The summed E-state index contributed by atoms with van der Waals surface area (Å²) in [6, 6.07) is 9.10. The second-order valence-electron chi connectivity index (χ2n) is 4.36. The van der Waals surface area contributed by atoms with Crippen LogP contribution in [0.3, 0.4) is 0 Å². The second-order valence-corrected chi connectivity index (χ2v) is 4.36. The molecule has 2 N–H and O–H groups in total. The molecule has 1 amide bonds. The van der Waals surface area contributed by atoms with Gasteiger partial charge in [0.15, 0.2) is 0 Å². The SMILES string of the molecule is CC(=O)NC(C#N)(C(=O)O)C1Cc2ccccc21. The third-order valence-electron chi connectivity index (χ3n) is 3.26. The fourth-order valence-corrected chi connectivity index (χ4v) is 2.37. The number of rotatable bonds is 3. The van der Waals surface area contributed by atoms with Crippen molar-refractivity contribution in [1.82, 2.24) is 5.32 Å². The number of fused-ring (bicyclic) bond motifs is 1. The van der Waals surface area contributed by atoms with Gasteiger partial charge < -0.3 is 10.4 Å². The standard InChI is InChI=1S/C13H12N2O3/c1-8(16)15-13(7-14,12(17)18)11-6-9-4-2-3-5-10(9)11/h2-5,11H,6H2,1H3,(H,15,16)(H,17,18). The molecule has 0 radical (unpaired) electrons. The molecule has 2 rings (SSSR count). The zero-order valence-electron chi connectivity index (χ0n) is 9.80. The summed E-state index contributed by atoms with van der Waals surface area (Å²) in [7, 11) is 0. The molecule has 1 aromatic carbocycles. The Balaban J connectivity index is 2.42. The van der Waals surface area contributed by atoms with Gasteiger partial charge in [0.25, 0.3) is 0 Å². The first-order chi connectivity index (χ1) is 8.51. The predicted octanol–water partition coefficient (Wildman–Crippen LogP) is 0.809. The van der Waals surface area contributed by atoms with E-state index in [1.807, 2.05) is 12.1 Å². The topological polar surface area (TPSA) is 90.2 Å². The summed E-state index contributed by atoms with van der Waals surface area (Å²) in [4.78, 5) is 22.5. The van der Waals surface area contributed by atoms with Crippen LogP contribution in [0.2, 0.25) is 0 Å². The first kappa shape index (κ1) is 12.1. The van der Waals surface area contributed by atoms with Crippen molar-refractivity contribution in [3.8, 4) is 6.07 Å². The maximum absolute atomic E-state index is 11.4. The number of benzene rings is 1. The number of nitrogens with zero attached hydrogens (tertiary/aromatic N) is 1. The Labute approximate surface area is 104 Å². The average Bonchev–Trinajstić information content (AvgIpc) is 2.28. The van der Waals surface area contributed by atoms with Crippen LogP contribution in [0.1, 0.15) is 24.0 Å². The van der Waals surface area contributed by atoms with Crippen LogP contribution in [0.4, 0.5) is 0 Å². The lowest BCUT2D eigenvalue weighted by molar-refractivity contribution is -0.146. The molecule has 2 atom stereocenters. The molecule has 1 aliphatic carbocycles. The van der Waals surface area contributed by atoms with E-state index in [4.69, 9.17) is 0 Å². The molecule has 0 heterocycles. The summed E-state index contributed by atoms with van der Waals surface area (Å²) in [6.07, 6.45) is 0.482. The van der Waals surface area contributed by atoms with Crippen LogP contribution in [-0.2, 0) is 16.0 Å². The zero-order chi connectivity index (χ0) is 13.3. The van der Waals surface area contributed by atoms with Crippen LogP contribution in [-0.4, -0.2) is 22.5 Å². The van der Waals surface area contributed by atoms with E-state index >= 15 is 0 Å². The molecule has 0 saturated carbocycles. The molecule has 5 heteroatoms. The minimum atomic E-state index is -1.87. The number of carboxylic acid groups (broad SMARTS) is 1. The van der Waals surface area contributed by atoms with Crippen LogP contribution < -0.4 is 5.32 Å². The molecule has 0 spiro atoms. The molecular weight excluding hydrogens is 232 g/mol. The van der Waals surface area contributed by atoms with E-state index in [0.717, 1.165) is 11.1 Å². The Bertz CT molecular complexity index is 562. The van der Waals surface area contributed by atoms with E-state index in [0.29, 0.717) is 6.42 Å². The molecule has 1 aromatic rings. The molecule has 0 aliphatic heterocycles. The van der Waals surface area contributed by atoms with Crippen LogP contribution in [0.15, 0.2) is 24.3 Å². The second kappa shape index (κ2) is 4.15. The van der Waals surface area contributed by atoms with Crippen molar-refractivity contribution in [3.63, 3.8) is 0 Å². The lowest BCUT2D eigenvalue weighted by Crippen LogP contribution is -2.59. The molecule has 0 aromatic heterocycles. The quantitative estimate of drug-likeness (QED) is 0.823. The summed E-state index contributed by atoms with van der Waals surface area (Å²) in [6.45, 7) is 1.21. The highest BCUT2D eigenvalue weighted by Gasteiger charge is 2.52. The first-order valence-electron chi connectivity index (χ1n) is 5.52. The van der Waals surface area contributed by atoms with Crippen molar-refractivity contribution >= 4 is 11.9 Å². The summed E-state index contributed by atoms with van der Waals surface area (Å²) < 4.78 is 0. The highest BCUT2D eigenvalue weighted by molar-refractivity contribution is 5.91. The van der Waals surface area contributed by atoms with Crippen molar-refractivity contribution < 1.29 is 14.7 Å². The van der Waals surface area contributed by atoms with E-state index in [9.17, 15) is 20.0 Å². The minimum absolute atomic E-state index is 0.482. The Morgan fingerprint density at radius 2 is 2.17 bits per heavy atom. The summed E-state index contributed by atoms with van der Waals surface area (Å²) in [5, 5.41) is 20.8. The van der Waals surface area contributed by atoms with Gasteiger partial charge in [0, 0.05) is 12.8 Å². The van der Waals surface area contributed by atoms with Gasteiger partial charge in [0.05, 0.1) is 0 Å². The molecule has 18 heavy (non-hydrogen) atoms. The third kappa shape index (κ3) is 1.63. The maximum atomic E-state index is 11.4. The molecule has 2 unspecified atom stereocenters. The molecule has 5 nitrogen and oxygen atoms in total. The van der Waals surface area contributed by atoms with Gasteiger partial charge in [-0.2, -0.15) is 5.26 Å². The number of aliphatic carboxylic acids is 1. The van der Waals surface area contributed by atoms with Gasteiger partial charge in [-0.3, -0.25) is 4.79 Å². The summed E-state index contributed by atoms with van der Waals surface area (Å²) in [5.41, 5.74) is -0.0378. The number of nitriles is 1. The van der Waals surface area contributed by atoms with Crippen molar-refractivity contribution in [2.75, 3.05) is 0 Å². The van der Waals surface area contributed by atoms with Crippen LogP contribution in [0.5, 0.6) is 0 Å². The number of carboxylic acids is 1. The smallest absolute Gasteiger partial charge is 0.345 e. The lowest BCUT2D eigenvalue weighted by Gasteiger charge is -2.39. The zero-order valence-corrected chi connectivity index (χ0v) is 9.80. The molecule has 0 bridgehead atoms. The number of amides is 1. The van der Waals surface area contributed by atoms with E-state index in [2.05, 4.69) is 5.32 Å². The Morgan fingerprint density at radius 1 is 1.50 bits per heavy atom. The van der Waals surface area contributed by atoms with E-state index < -0.39 is 23.3 Å². The molecule has 0 saturated heterocycles. The van der Waals surface area contributed by atoms with Gasteiger partial charge in [0.2, 0.25) is 11.4 Å². The third-order valence-corrected chi connectivity index (χ3v) is 3.26. The summed E-state index contributed by atoms with van der Waals surface area (Å²) >= 11 is 0. The number of hydrogen-bond donors (Lipinski definition) is 2. The van der Waals surface area contributed by atoms with Crippen molar-refractivity contribution in [2.24, 2.45) is 0 Å². The predicted molar refractivity (Wildman–Crippen MR) is 62.7 cm³/mol. The fraction of sp³-hybridized carbons (Fsp3) is 0.308. The monoisotopic (exact) mass is 244 g/mol. The van der Waals surface area contributed by atoms with Crippen LogP contribution >= 0.6 is 0 Å². The number of carbonyl (C=O) groups excluding carboxylic acids is 1. The van der Waals surface area contributed by atoms with Gasteiger partial charge in [0.1, 0.15) is 6.07 Å². The minimum Gasteiger partial charge on any atom is -0.479 e. The number of nitrogens with one attached hydrogen (secondary N) is 1. The maximum Gasteiger partial charge on any atom is 0.345 e. The lowest BCUT2D eigenvalue weighted by atomic mass is 9.67. The van der Waals surface area contributed by atoms with Crippen LogP contribution in [0, 0.1) is 11.3 Å². The van der Waals surface area contributed by atoms with Crippen molar-refractivity contribution in [3.05, 3.63) is 35.4 Å². The molecule has 0 fully saturated rings. The Hall–Kier alpha value is -2.35. The Morgan fingerprint density at radius 3 is 2.67 bits per heavy atom. The Kier molecular flexibility index (Phi) is 2.79. The van der Waals surface area contributed by atoms with E-state index in [-0.39, 0.29) is 0 Å². The van der Waals surface area contributed by atoms with Gasteiger partial charge in [-0.1, -0.05) is 24.3 Å². The average molecular weight is 244 g/mol. The van der Waals surface area contributed by atoms with Gasteiger partial charge in [-0.25, -0.2) is 4.79 Å². The normalized spacial score (nSPS) is 19.7. The van der Waals surface area contributed by atoms with E-state index in [1.54, 1.807) is 18.2 Å². The van der Waals surface area contributed by atoms with Gasteiger partial charge in [-0.05, 0) is 17.5 Å². The first-order valence-corrected chi connectivity index (χ1v) is 5.52. The molecule has 92 valence electrons. The number of hydrogen-bond acceptors (Lipinski definition) is 3. The highest BCUT2D eigenvalue weighted by atomic mass is 16.4. The molecule has 1 aliphatic rings. The fourth-order valence-electron chi connectivity index (χ4n) is 2.37. The largest absolute Gasteiger partial charge is 0.479 e. The van der Waals surface area contributed by atoms with Gasteiger partial charge in [-0.15, -0.1) is 0 Å². The van der Waals surface area contributed by atoms with Crippen molar-refractivity contribution in [2.45, 2.75) is 24.8 Å². The van der Waals surface area contributed by atoms with Crippen molar-refractivity contribution in [1.29, 1.82) is 5.26 Å². The van der Waals surface area contributed by atoms with Gasteiger partial charge >= 0.3 is 5.97 Å². The molecular formula is C13H12N2O3.